The van der Waals surface area contributed by atoms with E-state index in [0.717, 1.165) is 16.7 Å². The second kappa shape index (κ2) is 19.4. The van der Waals surface area contributed by atoms with E-state index in [4.69, 9.17) is 32.3 Å². The van der Waals surface area contributed by atoms with Crippen LogP contribution < -0.4 is 0 Å². The van der Waals surface area contributed by atoms with Crippen molar-refractivity contribution < 1.29 is 46.2 Å². The van der Waals surface area contributed by atoms with Crippen molar-refractivity contribution >= 4 is 32.8 Å². The van der Waals surface area contributed by atoms with Gasteiger partial charge >= 0.3 is 21.5 Å². The van der Waals surface area contributed by atoms with Gasteiger partial charge in [-0.1, -0.05) is 52.8 Å². The van der Waals surface area contributed by atoms with Gasteiger partial charge in [-0.2, -0.15) is 0 Å². The Hall–Kier alpha value is -3.19. The third-order valence-electron chi connectivity index (χ3n) is 5.75. The second-order valence-corrected chi connectivity index (χ2v) is 12.9. The zero-order valence-corrected chi connectivity index (χ0v) is 27.9. The number of carbonyl (C=O) groups excluding carboxylic acids is 1. The van der Waals surface area contributed by atoms with Crippen molar-refractivity contribution in [3.05, 3.63) is 84.0 Å². The lowest BCUT2D eigenvalue weighted by molar-refractivity contribution is -0.140. The predicted octanol–water partition coefficient (Wildman–Crippen LogP) is 8.21. The summed E-state index contributed by atoms with van der Waals surface area (Å²) in [5.41, 5.74) is 3.74. The molecule has 2 aromatic rings. The maximum absolute atomic E-state index is 12.7. The fourth-order valence-corrected chi connectivity index (χ4v) is 4.42. The fourth-order valence-electron chi connectivity index (χ4n) is 2.92. The van der Waals surface area contributed by atoms with E-state index in [0.29, 0.717) is 23.6 Å². The van der Waals surface area contributed by atoms with Gasteiger partial charge in [0, 0.05) is 19.8 Å². The Morgan fingerprint density at radius 1 is 0.756 bits per heavy atom. The van der Waals surface area contributed by atoms with Crippen LogP contribution in [0.2, 0.25) is 0 Å². The van der Waals surface area contributed by atoms with Crippen LogP contribution in [-0.4, -0.2) is 52.7 Å². The van der Waals surface area contributed by atoms with Gasteiger partial charge < -0.3 is 14.2 Å². The van der Waals surface area contributed by atoms with E-state index >= 15 is 0 Å². The lowest BCUT2D eigenvalue weighted by atomic mass is 10.2. The largest absolute Gasteiger partial charge is 0.471 e. The average Bonchev–Trinajstić information content (AvgIpc) is 3.04. The van der Waals surface area contributed by atoms with Crippen LogP contribution in [0.5, 0.6) is 0 Å². The Labute approximate surface area is 263 Å². The van der Waals surface area contributed by atoms with Crippen LogP contribution in [0.4, 0.5) is 11.4 Å². The van der Waals surface area contributed by atoms with E-state index in [2.05, 4.69) is 33.2 Å². The molecule has 0 spiro atoms. The SMILES string of the molecule is C=C(C)C(=O)OCc1ccc(N=NP(=O)(OC)OCCOCCOP(=O)(N=Nc2ccc(COC(C)C(=C)C)cc2)OC)cc1. The van der Waals surface area contributed by atoms with Crippen LogP contribution >= 0.6 is 15.5 Å². The molecule has 0 saturated carbocycles. The van der Waals surface area contributed by atoms with Crippen LogP contribution in [0.3, 0.4) is 0 Å². The summed E-state index contributed by atoms with van der Waals surface area (Å²) in [6.45, 7) is 13.0. The van der Waals surface area contributed by atoms with Gasteiger partial charge in [-0.15, -0.1) is 10.2 Å². The minimum absolute atomic E-state index is 0.00381. The first-order chi connectivity index (χ1) is 21.4. The highest BCUT2D eigenvalue weighted by atomic mass is 31.2. The number of rotatable bonds is 21. The van der Waals surface area contributed by atoms with Crippen LogP contribution in [0.1, 0.15) is 31.9 Å². The highest BCUT2D eigenvalue weighted by molar-refractivity contribution is 7.52. The molecular weight excluding hydrogens is 626 g/mol. The molecule has 16 heteroatoms. The third-order valence-corrected chi connectivity index (χ3v) is 8.31. The highest BCUT2D eigenvalue weighted by Gasteiger charge is 2.24. The first-order valence-electron chi connectivity index (χ1n) is 13.7. The molecule has 0 aliphatic heterocycles. The number of carbonyl (C=O) groups is 1. The molecule has 0 radical (unpaired) electrons. The topological polar surface area (TPSA) is 165 Å². The molecule has 0 amide bonds. The van der Waals surface area contributed by atoms with Gasteiger partial charge in [0.05, 0.1) is 50.5 Å². The number of nitrogens with zero attached hydrogens (tertiary/aromatic N) is 4. The van der Waals surface area contributed by atoms with E-state index in [9.17, 15) is 13.9 Å². The van der Waals surface area contributed by atoms with Crippen molar-refractivity contribution in [1.82, 2.24) is 0 Å². The van der Waals surface area contributed by atoms with E-state index in [1.54, 1.807) is 43.3 Å². The van der Waals surface area contributed by atoms with Gasteiger partial charge in [-0.25, -0.2) is 13.9 Å². The van der Waals surface area contributed by atoms with E-state index in [1.165, 1.54) is 14.2 Å². The van der Waals surface area contributed by atoms with E-state index in [1.807, 2.05) is 26.0 Å². The van der Waals surface area contributed by atoms with Gasteiger partial charge in [0.25, 0.3) is 0 Å². The van der Waals surface area contributed by atoms with Gasteiger partial charge in [0.1, 0.15) is 6.61 Å². The molecule has 0 heterocycles. The molecule has 2 rings (SSSR count). The Balaban J connectivity index is 1.72. The van der Waals surface area contributed by atoms with Crippen LogP contribution in [-0.2, 0) is 59.4 Å². The number of hydrogen-bond donors (Lipinski definition) is 0. The predicted molar refractivity (Wildman–Crippen MR) is 168 cm³/mol. The molecule has 0 N–H and O–H groups in total. The normalized spacial score (nSPS) is 15.0. The van der Waals surface area contributed by atoms with Crippen molar-refractivity contribution in [2.75, 3.05) is 40.6 Å². The summed E-state index contributed by atoms with van der Waals surface area (Å²) in [5.74, 6) is -0.486. The van der Waals surface area contributed by atoms with Crippen molar-refractivity contribution in [3.63, 3.8) is 0 Å². The lowest BCUT2D eigenvalue weighted by Gasteiger charge is -2.13. The second-order valence-electron chi connectivity index (χ2n) is 9.45. The molecule has 0 aromatic heterocycles. The Kier molecular flexibility index (Phi) is 16.3. The molecule has 3 atom stereocenters. The first kappa shape index (κ1) is 38.0. The average molecular weight is 667 g/mol. The Morgan fingerprint density at radius 3 is 1.60 bits per heavy atom. The third kappa shape index (κ3) is 14.6. The summed E-state index contributed by atoms with van der Waals surface area (Å²) in [5, 5.41) is 7.85. The summed E-state index contributed by atoms with van der Waals surface area (Å²) in [7, 11) is -5.37. The number of benzene rings is 2. The van der Waals surface area contributed by atoms with Crippen LogP contribution in [0, 0.1) is 0 Å². The zero-order valence-electron chi connectivity index (χ0n) is 26.1. The van der Waals surface area contributed by atoms with Crippen molar-refractivity contribution in [3.8, 4) is 0 Å². The van der Waals surface area contributed by atoms with Crippen molar-refractivity contribution in [1.29, 1.82) is 0 Å². The number of hydrogen-bond acceptors (Lipinski definition) is 12. The molecule has 0 saturated heterocycles. The van der Waals surface area contributed by atoms with E-state index in [-0.39, 0.29) is 39.1 Å². The molecule has 0 fully saturated rings. The van der Waals surface area contributed by atoms with Crippen molar-refractivity contribution in [2.45, 2.75) is 40.1 Å². The Morgan fingerprint density at radius 2 is 1.20 bits per heavy atom. The molecule has 0 aliphatic carbocycles. The van der Waals surface area contributed by atoms with Gasteiger partial charge in [-0.05, 0) is 56.2 Å². The minimum atomic E-state index is -3.89. The summed E-state index contributed by atoms with van der Waals surface area (Å²) in [6, 6.07) is 13.6. The number of ether oxygens (including phenoxy) is 3. The fraction of sp³-hybridized carbons (Fsp3) is 0.414. The molecule has 0 aliphatic rings. The first-order valence-corrected chi connectivity index (χ1v) is 16.7. The quantitative estimate of drug-likeness (QED) is 0.0316. The summed E-state index contributed by atoms with van der Waals surface area (Å²) >= 11 is 0. The summed E-state index contributed by atoms with van der Waals surface area (Å²) in [4.78, 5) is 18.9. The minimum Gasteiger partial charge on any atom is -0.457 e. The molecular formula is C29H40N4O10P2. The maximum Gasteiger partial charge on any atom is 0.471 e. The number of esters is 1. The molecule has 246 valence electrons. The zero-order chi connectivity index (χ0) is 33.3. The van der Waals surface area contributed by atoms with Gasteiger partial charge in [0.2, 0.25) is 0 Å². The molecule has 3 unspecified atom stereocenters. The van der Waals surface area contributed by atoms with Crippen molar-refractivity contribution in [2.24, 2.45) is 20.0 Å². The summed E-state index contributed by atoms with van der Waals surface area (Å²) in [6.07, 6.45) is -0.0563. The lowest BCUT2D eigenvalue weighted by Crippen LogP contribution is -2.08. The van der Waals surface area contributed by atoms with Crippen LogP contribution in [0.25, 0.3) is 0 Å². The van der Waals surface area contributed by atoms with Crippen LogP contribution in [0.15, 0.2) is 92.8 Å². The molecule has 14 nitrogen and oxygen atoms in total. The summed E-state index contributed by atoms with van der Waals surface area (Å²) < 4.78 is 61.8. The highest BCUT2D eigenvalue weighted by Crippen LogP contribution is 2.50. The van der Waals surface area contributed by atoms with E-state index < -0.39 is 21.5 Å². The maximum atomic E-state index is 12.7. The van der Waals surface area contributed by atoms with Gasteiger partial charge in [-0.3, -0.25) is 18.1 Å². The molecule has 0 bridgehead atoms. The smallest absolute Gasteiger partial charge is 0.457 e. The van der Waals surface area contributed by atoms with Gasteiger partial charge in [0.15, 0.2) is 0 Å². The Bertz CT molecular complexity index is 1420. The molecule has 2 aromatic carbocycles. The monoisotopic (exact) mass is 666 g/mol. The standard InChI is InChI=1S/C29H40N4O10P2/c1-22(2)24(5)40-20-25-8-12-27(13-9-25)30-32-44(35,37-6)42-18-16-39-17-19-43-45(36,38-7)33-31-28-14-10-26(11-15-28)21-41-29(34)23(3)4/h8-15,24H,1,3,16-21H2,2,4-7H3. The molecule has 45 heavy (non-hydrogen) atoms.